The van der Waals surface area contributed by atoms with E-state index in [0.717, 1.165) is 38.6 Å². The quantitative estimate of drug-likeness (QED) is 0.110. The summed E-state index contributed by atoms with van der Waals surface area (Å²) in [7, 11) is 0. The first-order valence-electron chi connectivity index (χ1n) is 22.3. The minimum atomic E-state index is -0.793. The average Bonchev–Trinajstić information content (AvgIpc) is 3.67. The molecule has 0 aromatic heterocycles. The molecule has 2 rings (SSSR count). The van der Waals surface area contributed by atoms with Crippen LogP contribution in [-0.2, 0) is 19.1 Å². The smallest absolute Gasteiger partial charge is 0.409 e. The maximum Gasteiger partial charge on any atom is 0.409 e. The molecule has 1 amide bonds. The lowest BCUT2D eigenvalue weighted by Gasteiger charge is -2.47. The van der Waals surface area contributed by atoms with Crippen molar-refractivity contribution in [1.82, 2.24) is 20.4 Å². The number of rotatable bonds is 17. The lowest BCUT2D eigenvalue weighted by atomic mass is 9.72. The molecule has 0 aromatic carbocycles. The van der Waals surface area contributed by atoms with Crippen LogP contribution in [0.1, 0.15) is 189 Å². The molecule has 2 aliphatic rings. The van der Waals surface area contributed by atoms with E-state index in [4.69, 9.17) is 4.74 Å². The van der Waals surface area contributed by atoms with Crippen molar-refractivity contribution in [3.8, 4) is 0 Å². The molecule has 0 saturated carbocycles. The van der Waals surface area contributed by atoms with Crippen molar-refractivity contribution in [2.45, 2.75) is 222 Å². The average molecular weight is 813 g/mol. The Bertz CT molecular complexity index is 1470. The van der Waals surface area contributed by atoms with E-state index in [1.807, 2.05) is 83.1 Å². The number of allylic oxidation sites excluding steroid dienone is 3. The molecule has 3 atom stereocenters. The summed E-state index contributed by atoms with van der Waals surface area (Å²) in [5.74, 6) is 0.641. The summed E-state index contributed by atoms with van der Waals surface area (Å²) in [6.07, 6.45) is 15.7. The number of unbranched alkanes of at least 4 members (excludes halogenated alkanes) is 1. The second-order valence-corrected chi connectivity index (χ2v) is 23.8. The Kier molecular flexibility index (Phi) is 17.1. The number of nitrogens with zero attached hydrogens (tertiary/aromatic N) is 2. The molecule has 334 valence electrons. The van der Waals surface area contributed by atoms with E-state index in [1.165, 1.54) is 0 Å². The molecule has 2 aliphatic heterocycles. The van der Waals surface area contributed by atoms with Gasteiger partial charge in [-0.15, -0.1) is 0 Å². The summed E-state index contributed by atoms with van der Waals surface area (Å²) in [5.41, 5.74) is -4.23. The fraction of sp³-hybridized carbons (Fsp3) is 0.837. The lowest BCUT2D eigenvalue weighted by molar-refractivity contribution is -0.140. The molecule has 0 aromatic rings. The SMILES string of the molecule is CC(C)(C)NC(CC/C=C/CCCOC(=O)N1CC[C@@](NC(C)(C)C)(C(=O)C(C)(C)C)C1)(CC/C=C/C[C@@]1(C(=O)C(C)(C)C)CCCN1C(C)(C)C)C(=O)C(C)(C)C. The predicted molar refractivity (Wildman–Crippen MR) is 241 cm³/mol. The van der Waals surface area contributed by atoms with Crippen LogP contribution in [-0.4, -0.2) is 92.7 Å². The number of carbonyl (C=O) groups is 4. The fourth-order valence-corrected chi connectivity index (χ4v) is 9.55. The maximum atomic E-state index is 14.4. The number of likely N-dealkylation sites (tertiary alicyclic amines) is 2. The van der Waals surface area contributed by atoms with E-state index < -0.39 is 32.9 Å². The molecule has 2 heterocycles. The van der Waals surface area contributed by atoms with Gasteiger partial charge in [-0.25, -0.2) is 4.79 Å². The third kappa shape index (κ3) is 14.4. The van der Waals surface area contributed by atoms with E-state index >= 15 is 0 Å². The molecular formula is C49H88N4O5. The first-order valence-corrected chi connectivity index (χ1v) is 22.3. The zero-order chi connectivity index (χ0) is 44.8. The van der Waals surface area contributed by atoms with Gasteiger partial charge < -0.3 is 15.0 Å². The highest BCUT2D eigenvalue weighted by Gasteiger charge is 2.53. The highest BCUT2D eigenvalue weighted by atomic mass is 16.6. The molecule has 1 unspecified atom stereocenters. The Balaban J connectivity index is 2.10. The molecule has 2 saturated heterocycles. The van der Waals surface area contributed by atoms with Crippen LogP contribution < -0.4 is 10.6 Å². The van der Waals surface area contributed by atoms with E-state index in [-0.39, 0.29) is 34.3 Å². The molecule has 0 bridgehead atoms. The van der Waals surface area contributed by atoms with Gasteiger partial charge in [-0.1, -0.05) is 86.6 Å². The van der Waals surface area contributed by atoms with Gasteiger partial charge in [-0.2, -0.15) is 0 Å². The van der Waals surface area contributed by atoms with Crippen LogP contribution >= 0.6 is 0 Å². The summed E-state index contributed by atoms with van der Waals surface area (Å²) in [6.45, 7) is 39.1. The predicted octanol–water partition coefficient (Wildman–Crippen LogP) is 10.4. The number of Topliss-reactive ketones (excluding diaryl/α,β-unsaturated/α-hetero) is 3. The monoisotopic (exact) mass is 813 g/mol. The van der Waals surface area contributed by atoms with Crippen molar-refractivity contribution in [3.63, 3.8) is 0 Å². The van der Waals surface area contributed by atoms with Gasteiger partial charge in [0, 0.05) is 46.0 Å². The summed E-state index contributed by atoms with van der Waals surface area (Å²) in [6, 6.07) is 0. The van der Waals surface area contributed by atoms with Gasteiger partial charge in [-0.05, 0) is 133 Å². The van der Waals surface area contributed by atoms with Crippen molar-refractivity contribution in [1.29, 1.82) is 0 Å². The van der Waals surface area contributed by atoms with Crippen LogP contribution in [0.5, 0.6) is 0 Å². The summed E-state index contributed by atoms with van der Waals surface area (Å²) < 4.78 is 5.69. The second-order valence-electron chi connectivity index (χ2n) is 23.8. The number of ether oxygens (including phenoxy) is 1. The zero-order valence-electron chi connectivity index (χ0n) is 40.6. The molecule has 9 heteroatoms. The van der Waals surface area contributed by atoms with Crippen LogP contribution in [0.25, 0.3) is 0 Å². The normalized spacial score (nSPS) is 22.9. The third-order valence-corrected chi connectivity index (χ3v) is 11.4. The van der Waals surface area contributed by atoms with Crippen LogP contribution in [0.3, 0.4) is 0 Å². The van der Waals surface area contributed by atoms with Gasteiger partial charge >= 0.3 is 6.09 Å². The van der Waals surface area contributed by atoms with Crippen LogP contribution in [0.4, 0.5) is 4.79 Å². The van der Waals surface area contributed by atoms with E-state index in [9.17, 15) is 19.2 Å². The number of hydrogen-bond acceptors (Lipinski definition) is 8. The second kappa shape index (κ2) is 19.1. The highest BCUT2D eigenvalue weighted by molar-refractivity contribution is 5.95. The van der Waals surface area contributed by atoms with E-state index in [1.54, 1.807) is 4.90 Å². The van der Waals surface area contributed by atoms with Crippen LogP contribution in [0.2, 0.25) is 0 Å². The van der Waals surface area contributed by atoms with Gasteiger partial charge in [0.25, 0.3) is 0 Å². The van der Waals surface area contributed by atoms with Crippen molar-refractivity contribution in [3.05, 3.63) is 24.3 Å². The Labute approximate surface area is 355 Å². The van der Waals surface area contributed by atoms with Crippen LogP contribution in [0, 0.1) is 16.2 Å². The van der Waals surface area contributed by atoms with Gasteiger partial charge in [0.05, 0.1) is 23.2 Å². The Hall–Kier alpha value is -2.36. The highest BCUT2D eigenvalue weighted by Crippen LogP contribution is 2.43. The first kappa shape index (κ1) is 51.8. The largest absolute Gasteiger partial charge is 0.449 e. The summed E-state index contributed by atoms with van der Waals surface area (Å²) in [5, 5.41) is 7.35. The zero-order valence-corrected chi connectivity index (χ0v) is 40.6. The molecule has 0 radical (unpaired) electrons. The van der Waals surface area contributed by atoms with Gasteiger partial charge in [0.1, 0.15) is 0 Å². The Morgan fingerprint density at radius 1 is 0.638 bits per heavy atom. The fourth-order valence-electron chi connectivity index (χ4n) is 9.55. The molecule has 2 N–H and O–H groups in total. The van der Waals surface area contributed by atoms with Crippen molar-refractivity contribution < 1.29 is 23.9 Å². The molecule has 0 aliphatic carbocycles. The Morgan fingerprint density at radius 3 is 1.66 bits per heavy atom. The minimum absolute atomic E-state index is 0.117. The standard InChI is InChI=1S/C49H88N4O5/c1-41(2,3)37(54)47(50-44(10,11)12,29-24-22-25-30-49(39(56)43(7,8)9)31-27-33-53(49)46(16,17)18)28-23-20-19-21-26-35-58-40(57)52-34-32-48(36-52,51-45(13,14)15)38(55)42(4,5)6/h19-20,22,25,50-51H,21,23-24,26-36H2,1-18H3/b20-19+,25-22+/t47?,48-,49-/m0/s1. The van der Waals surface area contributed by atoms with E-state index in [2.05, 4.69) is 81.4 Å². The van der Waals surface area contributed by atoms with Gasteiger partial charge in [0.15, 0.2) is 17.3 Å². The minimum Gasteiger partial charge on any atom is -0.449 e. The summed E-state index contributed by atoms with van der Waals surface area (Å²) >= 11 is 0. The third-order valence-electron chi connectivity index (χ3n) is 11.4. The molecule has 9 nitrogen and oxygen atoms in total. The number of amides is 1. The van der Waals surface area contributed by atoms with Crippen LogP contribution in [0.15, 0.2) is 24.3 Å². The molecular weight excluding hydrogens is 725 g/mol. The topological polar surface area (TPSA) is 108 Å². The number of ketones is 3. The van der Waals surface area contributed by atoms with Gasteiger partial charge in [0.2, 0.25) is 0 Å². The van der Waals surface area contributed by atoms with Crippen molar-refractivity contribution in [2.24, 2.45) is 16.2 Å². The lowest BCUT2D eigenvalue weighted by Crippen LogP contribution is -2.63. The number of hydrogen-bond donors (Lipinski definition) is 2. The van der Waals surface area contributed by atoms with Gasteiger partial charge in [-0.3, -0.25) is 24.6 Å². The molecule has 58 heavy (non-hydrogen) atoms. The number of carbonyl (C=O) groups excluding carboxylic acids is 4. The van der Waals surface area contributed by atoms with Crippen molar-refractivity contribution >= 4 is 23.4 Å². The van der Waals surface area contributed by atoms with E-state index in [0.29, 0.717) is 57.6 Å². The molecule has 0 spiro atoms. The van der Waals surface area contributed by atoms with Crippen molar-refractivity contribution in [2.75, 3.05) is 26.2 Å². The molecule has 2 fully saturated rings. The summed E-state index contributed by atoms with van der Waals surface area (Å²) in [4.78, 5) is 59.2. The first-order chi connectivity index (χ1) is 26.1. The maximum absolute atomic E-state index is 14.4. The number of nitrogens with one attached hydrogen (secondary N) is 2. The Morgan fingerprint density at radius 2 is 1.17 bits per heavy atom.